The second kappa shape index (κ2) is 9.11. The Balaban J connectivity index is 2.04. The van der Waals surface area contributed by atoms with Crippen LogP contribution in [-0.2, 0) is 6.42 Å². The summed E-state index contributed by atoms with van der Waals surface area (Å²) in [4.78, 5) is 0. The molecule has 1 aliphatic heterocycles. The van der Waals surface area contributed by atoms with Crippen LogP contribution in [0.5, 0.6) is 0 Å². The summed E-state index contributed by atoms with van der Waals surface area (Å²) in [5.74, 6) is 7.22. The second-order valence-electron chi connectivity index (χ2n) is 6.57. The Kier molecular flexibility index (Phi) is 7.16. The molecule has 2 rings (SSSR count). The molecule has 132 valence electrons. The van der Waals surface area contributed by atoms with Gasteiger partial charge in [0, 0.05) is 18.6 Å². The van der Waals surface area contributed by atoms with Crippen LogP contribution >= 0.6 is 11.6 Å². The molecule has 1 aliphatic rings. The third-order valence-electron chi connectivity index (χ3n) is 4.60. The number of nitrogens with two attached hydrogens (primary N) is 1. The number of halogens is 1. The first kappa shape index (κ1) is 18.8. The Hall–Kier alpha value is -1.49. The van der Waals surface area contributed by atoms with Crippen molar-refractivity contribution in [3.8, 4) is 0 Å². The maximum Gasteiger partial charge on any atom is 0.120 e. The smallest absolute Gasteiger partial charge is 0.120 e. The van der Waals surface area contributed by atoms with Crippen molar-refractivity contribution in [3.63, 3.8) is 0 Å². The SMILES string of the molecule is CC1=C(\N(C)NN)NCCC(Cc2ccc(Cl)c(C)c2)CC/C=C\1. The molecule has 0 saturated heterocycles. The number of nitrogens with one attached hydrogen (secondary N) is 2. The first-order chi connectivity index (χ1) is 11.5. The first-order valence-corrected chi connectivity index (χ1v) is 8.95. The second-order valence-corrected chi connectivity index (χ2v) is 6.98. The molecule has 4 N–H and O–H groups in total. The summed E-state index contributed by atoms with van der Waals surface area (Å²) in [6.45, 7) is 5.10. The van der Waals surface area contributed by atoms with E-state index in [0.29, 0.717) is 5.92 Å². The number of aryl methyl sites for hydroxylation is 1. The summed E-state index contributed by atoms with van der Waals surface area (Å²) in [6, 6.07) is 6.38. The predicted octanol–water partition coefficient (Wildman–Crippen LogP) is 3.68. The van der Waals surface area contributed by atoms with Crippen LogP contribution in [-0.4, -0.2) is 18.6 Å². The van der Waals surface area contributed by atoms with E-state index < -0.39 is 0 Å². The van der Waals surface area contributed by atoms with Crippen molar-refractivity contribution in [2.24, 2.45) is 11.8 Å². The fraction of sp³-hybridized carbons (Fsp3) is 0.474. The highest BCUT2D eigenvalue weighted by Crippen LogP contribution is 2.23. The number of hydrazine groups is 2. The highest BCUT2D eigenvalue weighted by atomic mass is 35.5. The number of nitrogens with zero attached hydrogens (tertiary/aromatic N) is 1. The van der Waals surface area contributed by atoms with E-state index in [-0.39, 0.29) is 0 Å². The number of hydrogen-bond acceptors (Lipinski definition) is 4. The molecule has 0 fully saturated rings. The van der Waals surface area contributed by atoms with Crippen molar-refractivity contribution >= 4 is 11.6 Å². The van der Waals surface area contributed by atoms with Crippen LogP contribution in [0.25, 0.3) is 0 Å². The van der Waals surface area contributed by atoms with Crippen molar-refractivity contribution in [1.82, 2.24) is 15.9 Å². The molecule has 1 aromatic rings. The zero-order valence-corrected chi connectivity index (χ0v) is 15.7. The van der Waals surface area contributed by atoms with Gasteiger partial charge in [0.05, 0.1) is 0 Å². The predicted molar refractivity (Wildman–Crippen MR) is 102 cm³/mol. The third kappa shape index (κ3) is 5.26. The maximum atomic E-state index is 6.14. The topological polar surface area (TPSA) is 53.3 Å². The van der Waals surface area contributed by atoms with Crippen molar-refractivity contribution < 1.29 is 0 Å². The molecule has 5 heteroatoms. The molecule has 1 unspecified atom stereocenters. The van der Waals surface area contributed by atoms with E-state index in [4.69, 9.17) is 17.4 Å². The van der Waals surface area contributed by atoms with Gasteiger partial charge < -0.3 is 5.32 Å². The molecule has 0 amide bonds. The van der Waals surface area contributed by atoms with E-state index in [9.17, 15) is 0 Å². The molecule has 0 radical (unpaired) electrons. The van der Waals surface area contributed by atoms with Gasteiger partial charge in [0.15, 0.2) is 0 Å². The molecule has 0 bridgehead atoms. The summed E-state index contributed by atoms with van der Waals surface area (Å²) in [6.07, 6.45) is 8.95. The number of hydrogen-bond donors (Lipinski definition) is 3. The number of benzene rings is 1. The van der Waals surface area contributed by atoms with Gasteiger partial charge in [-0.25, -0.2) is 0 Å². The maximum absolute atomic E-state index is 6.14. The van der Waals surface area contributed by atoms with Gasteiger partial charge in [0.25, 0.3) is 0 Å². The summed E-state index contributed by atoms with van der Waals surface area (Å²) in [5.41, 5.74) is 6.39. The monoisotopic (exact) mass is 348 g/mol. The zero-order chi connectivity index (χ0) is 17.5. The number of allylic oxidation sites excluding steroid dienone is 3. The van der Waals surface area contributed by atoms with Gasteiger partial charge in [0.2, 0.25) is 0 Å². The lowest BCUT2D eigenvalue weighted by atomic mass is 9.91. The molecule has 1 heterocycles. The van der Waals surface area contributed by atoms with E-state index in [1.807, 2.05) is 18.1 Å². The molecule has 1 atom stereocenters. The van der Waals surface area contributed by atoms with E-state index in [0.717, 1.165) is 42.2 Å². The van der Waals surface area contributed by atoms with Gasteiger partial charge in [-0.1, -0.05) is 35.9 Å². The summed E-state index contributed by atoms with van der Waals surface area (Å²) >= 11 is 6.14. The third-order valence-corrected chi connectivity index (χ3v) is 5.03. The Bertz CT molecular complexity index is 609. The molecule has 4 nitrogen and oxygen atoms in total. The summed E-state index contributed by atoms with van der Waals surface area (Å²) in [5, 5.41) is 6.18. The van der Waals surface area contributed by atoms with Crippen LogP contribution in [0.2, 0.25) is 5.02 Å². The van der Waals surface area contributed by atoms with Gasteiger partial charge in [-0.3, -0.25) is 10.9 Å². The summed E-state index contributed by atoms with van der Waals surface area (Å²) < 4.78 is 0. The Morgan fingerprint density at radius 1 is 1.33 bits per heavy atom. The van der Waals surface area contributed by atoms with Crippen LogP contribution in [0.15, 0.2) is 41.7 Å². The Labute approximate surface area is 150 Å². The minimum absolute atomic E-state index is 0.651. The molecule has 0 aromatic heterocycles. The van der Waals surface area contributed by atoms with Gasteiger partial charge in [-0.05, 0) is 68.2 Å². The van der Waals surface area contributed by atoms with E-state index in [1.54, 1.807) is 0 Å². The van der Waals surface area contributed by atoms with Crippen LogP contribution in [0.3, 0.4) is 0 Å². The lowest BCUT2D eigenvalue weighted by Gasteiger charge is -2.26. The van der Waals surface area contributed by atoms with Crippen LogP contribution < -0.4 is 16.7 Å². The molecular formula is C19H29ClN4. The van der Waals surface area contributed by atoms with Crippen LogP contribution in [0.4, 0.5) is 0 Å². The van der Waals surface area contributed by atoms with Crippen molar-refractivity contribution in [3.05, 3.63) is 57.9 Å². The Morgan fingerprint density at radius 3 is 2.83 bits per heavy atom. The van der Waals surface area contributed by atoms with Gasteiger partial charge in [-0.2, -0.15) is 5.53 Å². The number of rotatable bonds is 4. The minimum Gasteiger partial charge on any atom is -0.370 e. The lowest BCUT2D eigenvalue weighted by molar-refractivity contribution is 0.277. The minimum atomic E-state index is 0.651. The first-order valence-electron chi connectivity index (χ1n) is 8.57. The highest BCUT2D eigenvalue weighted by Gasteiger charge is 2.13. The average Bonchev–Trinajstić information content (AvgIpc) is 2.57. The van der Waals surface area contributed by atoms with Crippen molar-refractivity contribution in [2.75, 3.05) is 13.6 Å². The molecule has 0 aliphatic carbocycles. The molecule has 24 heavy (non-hydrogen) atoms. The largest absolute Gasteiger partial charge is 0.370 e. The standard InChI is InChI=1S/C19H29ClN4/c1-14-6-4-5-7-16(10-11-22-19(14)24(3)23-21)13-17-8-9-18(20)15(2)12-17/h4,6,8-9,12,16,22-23H,5,7,10-11,13,21H2,1-3H3/b6-4-,19-14+. The lowest BCUT2D eigenvalue weighted by Crippen LogP contribution is -2.44. The highest BCUT2D eigenvalue weighted by molar-refractivity contribution is 6.31. The summed E-state index contributed by atoms with van der Waals surface area (Å²) in [7, 11) is 1.92. The van der Waals surface area contributed by atoms with E-state index in [1.165, 1.54) is 17.6 Å². The van der Waals surface area contributed by atoms with Crippen LogP contribution in [0, 0.1) is 12.8 Å². The Morgan fingerprint density at radius 2 is 2.12 bits per heavy atom. The zero-order valence-electron chi connectivity index (χ0n) is 14.9. The van der Waals surface area contributed by atoms with E-state index in [2.05, 4.69) is 49.0 Å². The molecule has 0 saturated carbocycles. The normalized spacial score (nSPS) is 23.5. The fourth-order valence-electron chi connectivity index (χ4n) is 3.17. The molecule has 0 spiro atoms. The van der Waals surface area contributed by atoms with Gasteiger partial charge in [0.1, 0.15) is 5.82 Å². The van der Waals surface area contributed by atoms with Gasteiger partial charge in [-0.15, -0.1) is 0 Å². The molecule has 1 aromatic carbocycles. The van der Waals surface area contributed by atoms with Crippen molar-refractivity contribution in [2.45, 2.75) is 39.5 Å². The quantitative estimate of drug-likeness (QED) is 0.574. The fourth-order valence-corrected chi connectivity index (χ4v) is 3.29. The van der Waals surface area contributed by atoms with Crippen LogP contribution in [0.1, 0.15) is 37.3 Å². The average molecular weight is 349 g/mol. The van der Waals surface area contributed by atoms with Gasteiger partial charge >= 0.3 is 0 Å². The van der Waals surface area contributed by atoms with Crippen molar-refractivity contribution in [1.29, 1.82) is 0 Å². The molecular weight excluding hydrogens is 320 g/mol. The van der Waals surface area contributed by atoms with E-state index >= 15 is 0 Å².